The Bertz CT molecular complexity index is 514. The largest absolute Gasteiger partial charge is 0.416 e. The third kappa shape index (κ3) is 2.46. The maximum atomic E-state index is 12.8. The Morgan fingerprint density at radius 3 is 2.30 bits per heavy atom. The summed E-state index contributed by atoms with van der Waals surface area (Å²) in [7, 11) is 0. The second-order valence-corrected chi connectivity index (χ2v) is 7.53. The fourth-order valence-corrected chi connectivity index (χ4v) is 5.26. The maximum absolute atomic E-state index is 12.8. The molecule has 3 rings (SSSR count). The van der Waals surface area contributed by atoms with E-state index in [1.807, 2.05) is 11.8 Å². The van der Waals surface area contributed by atoms with E-state index in [0.29, 0.717) is 28.9 Å². The number of halogens is 3. The lowest BCUT2D eigenvalue weighted by Gasteiger charge is -2.36. The Kier molecular flexibility index (Phi) is 3.33. The van der Waals surface area contributed by atoms with Crippen molar-refractivity contribution >= 4 is 11.8 Å². The fourth-order valence-electron chi connectivity index (χ4n) is 3.42. The first kappa shape index (κ1) is 14.3. The number of alkyl halides is 3. The monoisotopic (exact) mass is 302 g/mol. The predicted octanol–water partition coefficient (Wildman–Crippen LogP) is 4.26. The summed E-state index contributed by atoms with van der Waals surface area (Å²) in [6, 6.07) is 4.07. The van der Waals surface area contributed by atoms with Gasteiger partial charge in [0.2, 0.25) is 0 Å². The Morgan fingerprint density at radius 2 is 1.80 bits per heavy atom. The van der Waals surface area contributed by atoms with E-state index in [-0.39, 0.29) is 5.56 Å². The second kappa shape index (κ2) is 4.67. The van der Waals surface area contributed by atoms with Gasteiger partial charge in [-0.15, -0.1) is 0 Å². The molecule has 0 aliphatic carbocycles. The highest BCUT2D eigenvalue weighted by Gasteiger charge is 2.44. The highest BCUT2D eigenvalue weighted by atomic mass is 32.2. The average molecular weight is 302 g/mol. The van der Waals surface area contributed by atoms with Crippen molar-refractivity contribution in [3.63, 3.8) is 0 Å². The number of hydrogen-bond donors (Lipinski definition) is 1. The molecule has 110 valence electrons. The molecule has 20 heavy (non-hydrogen) atoms. The van der Waals surface area contributed by atoms with Crippen LogP contribution in [0.5, 0.6) is 0 Å². The van der Waals surface area contributed by atoms with Crippen LogP contribution in [0.1, 0.15) is 42.4 Å². The summed E-state index contributed by atoms with van der Waals surface area (Å²) in [4.78, 5) is 0. The molecule has 2 fully saturated rings. The summed E-state index contributed by atoms with van der Waals surface area (Å²) < 4.78 is 38.4. The Labute approximate surface area is 120 Å². The van der Waals surface area contributed by atoms with E-state index in [9.17, 15) is 18.3 Å². The number of hydrogen-bond acceptors (Lipinski definition) is 2. The summed E-state index contributed by atoms with van der Waals surface area (Å²) in [6.45, 7) is 1.46. The number of thioether (sulfide) groups is 1. The van der Waals surface area contributed by atoms with Crippen LogP contribution in [0.4, 0.5) is 13.2 Å². The number of fused-ring (bicyclic) bond motifs is 2. The lowest BCUT2D eigenvalue weighted by molar-refractivity contribution is -0.138. The molecular formula is C15H17F3OS. The minimum atomic E-state index is -4.33. The number of aliphatic hydroxyl groups is 1. The summed E-state index contributed by atoms with van der Waals surface area (Å²) in [6.07, 6.45) is -0.806. The van der Waals surface area contributed by atoms with Crippen LogP contribution in [-0.4, -0.2) is 15.6 Å². The first-order valence-corrected chi connectivity index (χ1v) is 7.78. The molecule has 0 saturated carbocycles. The molecule has 1 N–H and O–H groups in total. The van der Waals surface area contributed by atoms with Gasteiger partial charge in [0.25, 0.3) is 0 Å². The zero-order chi connectivity index (χ0) is 14.5. The fraction of sp³-hybridized carbons (Fsp3) is 0.600. The van der Waals surface area contributed by atoms with Crippen LogP contribution >= 0.6 is 11.8 Å². The van der Waals surface area contributed by atoms with Gasteiger partial charge in [0.05, 0.1) is 11.2 Å². The Hall–Kier alpha value is -0.680. The topological polar surface area (TPSA) is 20.2 Å². The van der Waals surface area contributed by atoms with E-state index in [0.717, 1.165) is 18.9 Å². The first-order valence-electron chi connectivity index (χ1n) is 6.84. The van der Waals surface area contributed by atoms with Gasteiger partial charge >= 0.3 is 6.18 Å². The van der Waals surface area contributed by atoms with Crippen molar-refractivity contribution in [1.29, 1.82) is 0 Å². The van der Waals surface area contributed by atoms with Gasteiger partial charge in [-0.3, -0.25) is 0 Å². The zero-order valence-electron chi connectivity index (χ0n) is 11.2. The summed E-state index contributed by atoms with van der Waals surface area (Å²) in [5.41, 5.74) is -0.737. The highest BCUT2D eigenvalue weighted by Crippen LogP contribution is 2.51. The smallest absolute Gasteiger partial charge is 0.385 e. The van der Waals surface area contributed by atoms with Crippen molar-refractivity contribution in [2.45, 2.75) is 54.9 Å². The first-order chi connectivity index (χ1) is 9.28. The molecule has 0 amide bonds. The average Bonchev–Trinajstić information content (AvgIpc) is 2.67. The minimum Gasteiger partial charge on any atom is -0.385 e. The van der Waals surface area contributed by atoms with Gasteiger partial charge in [0.1, 0.15) is 0 Å². The van der Waals surface area contributed by atoms with Crippen LogP contribution in [-0.2, 0) is 11.8 Å². The van der Waals surface area contributed by atoms with E-state index in [4.69, 9.17) is 0 Å². The van der Waals surface area contributed by atoms with E-state index in [2.05, 4.69) is 0 Å². The number of benzene rings is 1. The maximum Gasteiger partial charge on any atom is 0.416 e. The van der Waals surface area contributed by atoms with Gasteiger partial charge < -0.3 is 5.11 Å². The lowest BCUT2D eigenvalue weighted by Crippen LogP contribution is -2.34. The van der Waals surface area contributed by atoms with Crippen LogP contribution in [0, 0.1) is 6.92 Å². The molecule has 0 aromatic heterocycles. The second-order valence-electron chi connectivity index (χ2n) is 5.92. The lowest BCUT2D eigenvalue weighted by atomic mass is 9.84. The van der Waals surface area contributed by atoms with Gasteiger partial charge in [-0.1, -0.05) is 12.1 Å². The van der Waals surface area contributed by atoms with Crippen LogP contribution < -0.4 is 0 Å². The van der Waals surface area contributed by atoms with Crippen molar-refractivity contribution in [3.8, 4) is 0 Å². The molecule has 2 heterocycles. The third-order valence-electron chi connectivity index (χ3n) is 4.40. The van der Waals surface area contributed by atoms with Gasteiger partial charge in [0, 0.05) is 10.5 Å². The summed E-state index contributed by atoms with van der Waals surface area (Å²) in [5, 5.41) is 11.7. The molecule has 1 aromatic carbocycles. The standard InChI is InChI=1S/C15H17F3OS/c1-9-6-10(2-5-13(9)15(16,17)18)14(19)7-11-3-4-12(8-14)20-11/h2,5-6,11-12,19H,3-4,7-8H2,1H3. The number of aryl methyl sites for hydroxylation is 1. The highest BCUT2D eigenvalue weighted by molar-refractivity contribution is 8.00. The molecule has 2 saturated heterocycles. The molecular weight excluding hydrogens is 285 g/mol. The molecule has 5 heteroatoms. The van der Waals surface area contributed by atoms with E-state index in [1.165, 1.54) is 19.1 Å². The van der Waals surface area contributed by atoms with Crippen molar-refractivity contribution < 1.29 is 18.3 Å². The van der Waals surface area contributed by atoms with Gasteiger partial charge in [-0.25, -0.2) is 0 Å². The van der Waals surface area contributed by atoms with Gasteiger partial charge in [0.15, 0.2) is 0 Å². The normalized spacial score (nSPS) is 33.5. The Morgan fingerprint density at radius 1 is 1.20 bits per heavy atom. The Balaban J connectivity index is 1.93. The van der Waals surface area contributed by atoms with E-state index in [1.54, 1.807) is 0 Å². The van der Waals surface area contributed by atoms with Gasteiger partial charge in [-0.05, 0) is 49.8 Å². The summed E-state index contributed by atoms with van der Waals surface area (Å²) in [5.74, 6) is 0. The van der Waals surface area contributed by atoms with E-state index >= 15 is 0 Å². The molecule has 1 aromatic rings. The van der Waals surface area contributed by atoms with Crippen molar-refractivity contribution in [1.82, 2.24) is 0 Å². The van der Waals surface area contributed by atoms with Crippen LogP contribution in [0.15, 0.2) is 18.2 Å². The molecule has 0 spiro atoms. The third-order valence-corrected chi connectivity index (χ3v) is 5.97. The SMILES string of the molecule is Cc1cc(C2(O)CC3CCC(C2)S3)ccc1C(F)(F)F. The van der Waals surface area contributed by atoms with Gasteiger partial charge in [-0.2, -0.15) is 24.9 Å². The molecule has 2 aliphatic rings. The van der Waals surface area contributed by atoms with Crippen LogP contribution in [0.25, 0.3) is 0 Å². The van der Waals surface area contributed by atoms with Crippen LogP contribution in [0.2, 0.25) is 0 Å². The quantitative estimate of drug-likeness (QED) is 0.836. The molecule has 2 unspecified atom stereocenters. The van der Waals surface area contributed by atoms with Crippen LogP contribution in [0.3, 0.4) is 0 Å². The van der Waals surface area contributed by atoms with E-state index < -0.39 is 17.3 Å². The van der Waals surface area contributed by atoms with Crippen molar-refractivity contribution in [2.75, 3.05) is 0 Å². The molecule has 1 nitrogen and oxygen atoms in total. The minimum absolute atomic E-state index is 0.189. The molecule has 0 radical (unpaired) electrons. The summed E-state index contributed by atoms with van der Waals surface area (Å²) >= 11 is 1.92. The number of rotatable bonds is 1. The molecule has 2 bridgehead atoms. The molecule has 2 aliphatic heterocycles. The van der Waals surface area contributed by atoms with Crippen molar-refractivity contribution in [2.24, 2.45) is 0 Å². The predicted molar refractivity (Wildman–Crippen MR) is 73.7 cm³/mol. The van der Waals surface area contributed by atoms with Crippen molar-refractivity contribution in [3.05, 3.63) is 34.9 Å². The zero-order valence-corrected chi connectivity index (χ0v) is 12.0. The molecule has 2 atom stereocenters.